The number of ether oxygens (including phenoxy) is 2. The minimum atomic E-state index is -0.369. The van der Waals surface area contributed by atoms with Gasteiger partial charge in [-0.1, -0.05) is 6.42 Å². The molecule has 0 unspecified atom stereocenters. The van der Waals surface area contributed by atoms with E-state index in [1.165, 1.54) is 0 Å². The highest BCUT2D eigenvalue weighted by molar-refractivity contribution is 9.11. The maximum Gasteiger partial charge on any atom is 0.135 e. The van der Waals surface area contributed by atoms with Crippen LogP contribution in [-0.4, -0.2) is 24.4 Å². The average molecular weight is 380 g/mol. The van der Waals surface area contributed by atoms with Crippen molar-refractivity contribution >= 4 is 31.9 Å². The Morgan fingerprint density at radius 1 is 1.11 bits per heavy atom. The first-order chi connectivity index (χ1) is 8.61. The second-order valence-corrected chi connectivity index (χ2v) is 6.13. The van der Waals surface area contributed by atoms with Crippen molar-refractivity contribution in [3.05, 3.63) is 21.1 Å². The number of hydrogen-bond donors (Lipinski definition) is 1. The summed E-state index contributed by atoms with van der Waals surface area (Å²) in [5.41, 5.74) is 0. The molecule has 0 aromatic heterocycles. The Morgan fingerprint density at radius 2 is 1.72 bits per heavy atom. The number of hydrogen-bond acceptors (Lipinski definition) is 3. The highest BCUT2D eigenvalue weighted by atomic mass is 79.9. The molecule has 1 N–H and O–H groups in total. The summed E-state index contributed by atoms with van der Waals surface area (Å²) in [5, 5.41) is 9.91. The number of aliphatic hydroxyl groups is 1. The number of rotatable bonds is 3. The molecular formula is C13H16Br2O3. The summed E-state index contributed by atoms with van der Waals surface area (Å²) in [6, 6.07) is 3.72. The van der Waals surface area contributed by atoms with Crippen LogP contribution in [0.2, 0.25) is 0 Å². The van der Waals surface area contributed by atoms with Gasteiger partial charge in [-0.05, 0) is 63.3 Å². The van der Waals surface area contributed by atoms with Crippen LogP contribution in [0.15, 0.2) is 21.1 Å². The molecule has 0 amide bonds. The van der Waals surface area contributed by atoms with Crippen molar-refractivity contribution in [2.24, 2.45) is 0 Å². The van der Waals surface area contributed by atoms with Crippen LogP contribution in [0.3, 0.4) is 0 Å². The van der Waals surface area contributed by atoms with Crippen molar-refractivity contribution in [1.82, 2.24) is 0 Å². The van der Waals surface area contributed by atoms with Gasteiger partial charge in [-0.25, -0.2) is 0 Å². The fraction of sp³-hybridized carbons (Fsp3) is 0.538. The molecule has 0 saturated heterocycles. The zero-order valence-corrected chi connectivity index (χ0v) is 13.3. The zero-order valence-electron chi connectivity index (χ0n) is 10.2. The van der Waals surface area contributed by atoms with Gasteiger partial charge in [-0.2, -0.15) is 0 Å². The van der Waals surface area contributed by atoms with Gasteiger partial charge in [0, 0.05) is 0 Å². The van der Waals surface area contributed by atoms with Crippen LogP contribution < -0.4 is 9.47 Å². The Hall–Kier alpha value is -0.260. The molecule has 18 heavy (non-hydrogen) atoms. The molecule has 1 aliphatic carbocycles. The van der Waals surface area contributed by atoms with Crippen molar-refractivity contribution in [3.63, 3.8) is 0 Å². The summed E-state index contributed by atoms with van der Waals surface area (Å²) < 4.78 is 12.8. The van der Waals surface area contributed by atoms with Crippen LogP contribution >= 0.6 is 31.9 Å². The van der Waals surface area contributed by atoms with Gasteiger partial charge in [0.05, 0.1) is 22.2 Å². The lowest BCUT2D eigenvalue weighted by molar-refractivity contribution is 0.00643. The molecule has 0 heterocycles. The van der Waals surface area contributed by atoms with Crippen molar-refractivity contribution in [1.29, 1.82) is 0 Å². The Balaban J connectivity index is 2.15. The molecule has 2 rings (SSSR count). The van der Waals surface area contributed by atoms with Gasteiger partial charge in [0.15, 0.2) is 0 Å². The summed E-state index contributed by atoms with van der Waals surface area (Å²) >= 11 is 6.89. The molecule has 1 fully saturated rings. The highest BCUT2D eigenvalue weighted by Crippen LogP contribution is 2.37. The van der Waals surface area contributed by atoms with E-state index in [0.717, 1.165) is 46.1 Å². The molecule has 0 aliphatic heterocycles. The SMILES string of the molecule is COc1cc(Br)c(O[C@H]2CCCC[C@@H]2O)cc1Br. The molecule has 1 aliphatic rings. The maximum atomic E-state index is 9.91. The average Bonchev–Trinajstić information content (AvgIpc) is 2.36. The highest BCUT2D eigenvalue weighted by Gasteiger charge is 2.25. The molecule has 3 nitrogen and oxygen atoms in total. The molecule has 0 radical (unpaired) electrons. The summed E-state index contributed by atoms with van der Waals surface area (Å²) in [6.07, 6.45) is 3.42. The third kappa shape index (κ3) is 3.19. The van der Waals surface area contributed by atoms with Crippen LogP contribution in [0.25, 0.3) is 0 Å². The van der Waals surface area contributed by atoms with Crippen molar-refractivity contribution in [2.75, 3.05) is 7.11 Å². The van der Waals surface area contributed by atoms with Crippen molar-refractivity contribution in [2.45, 2.75) is 37.9 Å². The third-order valence-corrected chi connectivity index (χ3v) is 4.39. The van der Waals surface area contributed by atoms with E-state index in [9.17, 15) is 5.11 Å². The third-order valence-electron chi connectivity index (χ3n) is 3.15. The van der Waals surface area contributed by atoms with Crippen LogP contribution in [0, 0.1) is 0 Å². The molecule has 0 spiro atoms. The van der Waals surface area contributed by atoms with Gasteiger partial charge in [0.2, 0.25) is 0 Å². The largest absolute Gasteiger partial charge is 0.496 e. The number of benzene rings is 1. The molecule has 0 bridgehead atoms. The van der Waals surface area contributed by atoms with E-state index < -0.39 is 0 Å². The molecule has 100 valence electrons. The number of methoxy groups -OCH3 is 1. The van der Waals surface area contributed by atoms with E-state index in [0.29, 0.717) is 0 Å². The van der Waals surface area contributed by atoms with Gasteiger partial charge in [-0.15, -0.1) is 0 Å². The zero-order chi connectivity index (χ0) is 13.1. The van der Waals surface area contributed by atoms with E-state index >= 15 is 0 Å². The number of aliphatic hydroxyl groups excluding tert-OH is 1. The van der Waals surface area contributed by atoms with Crippen molar-refractivity contribution < 1.29 is 14.6 Å². The van der Waals surface area contributed by atoms with Gasteiger partial charge < -0.3 is 14.6 Å². The second kappa shape index (κ2) is 6.26. The summed E-state index contributed by atoms with van der Waals surface area (Å²) in [6.45, 7) is 0. The smallest absolute Gasteiger partial charge is 0.135 e. The van der Waals surface area contributed by atoms with E-state index in [1.807, 2.05) is 12.1 Å². The first-order valence-corrected chi connectivity index (χ1v) is 7.58. The topological polar surface area (TPSA) is 38.7 Å². The fourth-order valence-corrected chi connectivity index (χ4v) is 3.03. The lowest BCUT2D eigenvalue weighted by Gasteiger charge is -2.28. The first kappa shape index (κ1) is 14.2. The predicted octanol–water partition coefficient (Wildman–Crippen LogP) is 3.90. The molecular weight excluding hydrogens is 364 g/mol. The molecule has 2 atom stereocenters. The molecule has 1 saturated carbocycles. The minimum absolute atomic E-state index is 0.115. The maximum absolute atomic E-state index is 9.91. The lowest BCUT2D eigenvalue weighted by Crippen LogP contribution is -2.34. The van der Waals surface area contributed by atoms with E-state index in [1.54, 1.807) is 7.11 Å². The minimum Gasteiger partial charge on any atom is -0.496 e. The van der Waals surface area contributed by atoms with Crippen LogP contribution in [-0.2, 0) is 0 Å². The fourth-order valence-electron chi connectivity index (χ4n) is 2.13. The van der Waals surface area contributed by atoms with Crippen LogP contribution in [0.1, 0.15) is 25.7 Å². The van der Waals surface area contributed by atoms with E-state index in [-0.39, 0.29) is 12.2 Å². The van der Waals surface area contributed by atoms with Crippen LogP contribution in [0.5, 0.6) is 11.5 Å². The Kier molecular flexibility index (Phi) is 4.92. The predicted molar refractivity (Wildman–Crippen MR) is 77.3 cm³/mol. The summed E-state index contributed by atoms with van der Waals surface area (Å²) in [5.74, 6) is 1.48. The van der Waals surface area contributed by atoms with Gasteiger partial charge in [-0.3, -0.25) is 0 Å². The Bertz CT molecular complexity index is 423. The van der Waals surface area contributed by atoms with E-state index in [2.05, 4.69) is 31.9 Å². The van der Waals surface area contributed by atoms with E-state index in [4.69, 9.17) is 9.47 Å². The van der Waals surface area contributed by atoms with Crippen molar-refractivity contribution in [3.8, 4) is 11.5 Å². The Morgan fingerprint density at radius 3 is 2.39 bits per heavy atom. The molecule has 1 aromatic carbocycles. The molecule has 1 aromatic rings. The Labute approximate surface area is 124 Å². The van der Waals surface area contributed by atoms with Gasteiger partial charge in [0.1, 0.15) is 17.6 Å². The normalized spacial score (nSPS) is 23.8. The standard InChI is InChI=1S/C13H16Br2O3/c1-17-12-6-9(15)13(7-8(12)14)18-11-5-3-2-4-10(11)16/h6-7,10-11,16H,2-5H2,1H3/t10-,11-/m0/s1. The summed E-state index contributed by atoms with van der Waals surface area (Å²) in [4.78, 5) is 0. The number of halogens is 2. The molecule has 5 heteroatoms. The van der Waals surface area contributed by atoms with Crippen LogP contribution in [0.4, 0.5) is 0 Å². The summed E-state index contributed by atoms with van der Waals surface area (Å²) in [7, 11) is 1.62. The monoisotopic (exact) mass is 378 g/mol. The van der Waals surface area contributed by atoms with Gasteiger partial charge >= 0.3 is 0 Å². The quantitative estimate of drug-likeness (QED) is 0.865. The van der Waals surface area contributed by atoms with Gasteiger partial charge in [0.25, 0.3) is 0 Å². The second-order valence-electron chi connectivity index (χ2n) is 4.43. The lowest BCUT2D eigenvalue weighted by atomic mass is 9.95. The first-order valence-electron chi connectivity index (χ1n) is 5.99.